The Morgan fingerprint density at radius 3 is 2.31 bits per heavy atom. The quantitative estimate of drug-likeness (QED) is 0.714. The van der Waals surface area contributed by atoms with Crippen LogP contribution in [0.3, 0.4) is 0 Å². The highest BCUT2D eigenvalue weighted by Crippen LogP contribution is 2.24. The van der Waals surface area contributed by atoms with Crippen LogP contribution in [0.2, 0.25) is 0 Å². The monoisotopic (exact) mass is 393 g/mol. The zero-order valence-electron chi connectivity index (χ0n) is 17.4. The molecule has 5 heteroatoms. The maximum atomic E-state index is 12.5. The number of hydrogen-bond acceptors (Lipinski definition) is 3. The maximum absolute atomic E-state index is 12.5. The molecule has 0 aliphatic carbocycles. The van der Waals surface area contributed by atoms with Gasteiger partial charge >= 0.3 is 0 Å². The van der Waals surface area contributed by atoms with Gasteiger partial charge in [0.25, 0.3) is 0 Å². The molecule has 0 spiro atoms. The molecular weight excluding hydrogens is 362 g/mol. The highest BCUT2D eigenvalue weighted by molar-refractivity contribution is 6.03. The smallest absolute Gasteiger partial charge is 0.233 e. The first-order valence-corrected chi connectivity index (χ1v) is 10.5. The summed E-state index contributed by atoms with van der Waals surface area (Å²) in [4.78, 5) is 29.0. The van der Waals surface area contributed by atoms with Crippen molar-refractivity contribution in [2.45, 2.75) is 39.7 Å². The number of anilines is 2. The second kappa shape index (κ2) is 10.1. The van der Waals surface area contributed by atoms with Crippen LogP contribution in [0, 0.1) is 5.92 Å². The van der Waals surface area contributed by atoms with Crippen LogP contribution in [-0.2, 0) is 16.1 Å². The van der Waals surface area contributed by atoms with E-state index in [1.54, 1.807) is 4.90 Å². The molecule has 0 unspecified atom stereocenters. The fourth-order valence-corrected chi connectivity index (χ4v) is 3.66. The van der Waals surface area contributed by atoms with Crippen molar-refractivity contribution in [1.82, 2.24) is 4.90 Å². The lowest BCUT2D eigenvalue weighted by molar-refractivity contribution is -0.134. The molecule has 2 aromatic carbocycles. The van der Waals surface area contributed by atoms with Crippen LogP contribution in [0.5, 0.6) is 0 Å². The second-order valence-electron chi connectivity index (χ2n) is 7.83. The van der Waals surface area contributed by atoms with E-state index in [4.69, 9.17) is 0 Å². The van der Waals surface area contributed by atoms with Crippen molar-refractivity contribution in [1.29, 1.82) is 0 Å². The molecular formula is C24H31N3O2. The minimum atomic E-state index is -0.277. The van der Waals surface area contributed by atoms with Crippen LogP contribution in [0.1, 0.15) is 38.7 Å². The lowest BCUT2D eigenvalue weighted by Crippen LogP contribution is -2.33. The minimum absolute atomic E-state index is 0.146. The van der Waals surface area contributed by atoms with Gasteiger partial charge in [-0.3, -0.25) is 9.59 Å². The van der Waals surface area contributed by atoms with Crippen LogP contribution >= 0.6 is 0 Å². The molecule has 29 heavy (non-hydrogen) atoms. The fourth-order valence-electron chi connectivity index (χ4n) is 3.66. The molecule has 1 N–H and O–H groups in total. The normalized spacial score (nSPS) is 14.5. The number of amides is 2. The van der Waals surface area contributed by atoms with Gasteiger partial charge in [-0.15, -0.1) is 0 Å². The van der Waals surface area contributed by atoms with Gasteiger partial charge < -0.3 is 15.1 Å². The lowest BCUT2D eigenvalue weighted by Gasteiger charge is -2.32. The number of rotatable bonds is 7. The van der Waals surface area contributed by atoms with E-state index in [9.17, 15) is 9.59 Å². The molecule has 1 fully saturated rings. The Labute approximate surface area is 173 Å². The maximum Gasteiger partial charge on any atom is 0.233 e. The molecule has 0 aromatic heterocycles. The summed E-state index contributed by atoms with van der Waals surface area (Å²) < 4.78 is 0. The summed E-state index contributed by atoms with van der Waals surface area (Å²) in [5, 5.41) is 2.85. The Morgan fingerprint density at radius 2 is 1.69 bits per heavy atom. The Morgan fingerprint density at radius 1 is 1.03 bits per heavy atom. The number of carbonyl (C=O) groups excluding carboxylic acids is 2. The largest absolute Gasteiger partial charge is 0.372 e. The van der Waals surface area contributed by atoms with Crippen LogP contribution in [-0.4, -0.2) is 36.3 Å². The van der Waals surface area contributed by atoms with Gasteiger partial charge in [-0.25, -0.2) is 0 Å². The first-order valence-electron chi connectivity index (χ1n) is 10.5. The summed E-state index contributed by atoms with van der Waals surface area (Å²) in [5.74, 6) is 0.362. The first-order chi connectivity index (χ1) is 14.0. The average Bonchev–Trinajstić information content (AvgIpc) is 2.74. The number of nitrogens with one attached hydrogen (secondary N) is 1. The molecule has 1 aliphatic heterocycles. The Kier molecular flexibility index (Phi) is 7.28. The molecule has 5 nitrogen and oxygen atoms in total. The van der Waals surface area contributed by atoms with Gasteiger partial charge in [-0.2, -0.15) is 0 Å². The Hall–Kier alpha value is -2.82. The van der Waals surface area contributed by atoms with Crippen molar-refractivity contribution in [2.75, 3.05) is 29.9 Å². The van der Waals surface area contributed by atoms with Crippen molar-refractivity contribution in [3.05, 3.63) is 60.2 Å². The lowest BCUT2D eigenvalue weighted by atomic mass is 9.99. The van der Waals surface area contributed by atoms with Gasteiger partial charge in [0, 0.05) is 37.6 Å². The van der Waals surface area contributed by atoms with Gasteiger partial charge in [0.2, 0.25) is 11.8 Å². The molecule has 0 radical (unpaired) electrons. The summed E-state index contributed by atoms with van der Waals surface area (Å²) in [6.45, 7) is 7.48. The molecule has 154 valence electrons. The predicted molar refractivity (Wildman–Crippen MR) is 118 cm³/mol. The van der Waals surface area contributed by atoms with E-state index < -0.39 is 0 Å². The number of carbonyl (C=O) groups is 2. The molecule has 0 bridgehead atoms. The number of nitrogens with zero attached hydrogens (tertiary/aromatic N) is 2. The van der Waals surface area contributed by atoms with E-state index >= 15 is 0 Å². The number of hydrogen-bond donors (Lipinski definition) is 1. The molecule has 1 saturated heterocycles. The zero-order chi connectivity index (χ0) is 20.6. The SMILES string of the molecule is CCN(Cc1ccccc1)C(=O)CC(=O)Nc1ccc(N2CCC(C)CC2)cc1. The summed E-state index contributed by atoms with van der Waals surface area (Å²) in [7, 11) is 0. The average molecular weight is 394 g/mol. The number of benzene rings is 2. The van der Waals surface area contributed by atoms with E-state index in [1.165, 1.54) is 18.5 Å². The molecule has 0 atom stereocenters. The number of piperidine rings is 1. The van der Waals surface area contributed by atoms with Gasteiger partial charge in [-0.05, 0) is 55.5 Å². The van der Waals surface area contributed by atoms with Crippen molar-refractivity contribution in [3.8, 4) is 0 Å². The van der Waals surface area contributed by atoms with E-state index in [1.807, 2.05) is 61.5 Å². The van der Waals surface area contributed by atoms with Crippen molar-refractivity contribution in [3.63, 3.8) is 0 Å². The summed E-state index contributed by atoms with van der Waals surface area (Å²) in [6, 6.07) is 17.7. The van der Waals surface area contributed by atoms with Crippen molar-refractivity contribution < 1.29 is 9.59 Å². The molecule has 2 amide bonds. The predicted octanol–water partition coefficient (Wildman–Crippen LogP) is 4.30. The topological polar surface area (TPSA) is 52.7 Å². The Bertz CT molecular complexity index is 797. The van der Waals surface area contributed by atoms with E-state index in [0.29, 0.717) is 13.1 Å². The third-order valence-corrected chi connectivity index (χ3v) is 5.56. The third-order valence-electron chi connectivity index (χ3n) is 5.56. The molecule has 3 rings (SSSR count). The van der Waals surface area contributed by atoms with Crippen LogP contribution < -0.4 is 10.2 Å². The Balaban J connectivity index is 1.51. The van der Waals surface area contributed by atoms with Crippen LogP contribution in [0.15, 0.2) is 54.6 Å². The molecule has 1 aliphatic rings. The molecule has 2 aromatic rings. The summed E-state index contributed by atoms with van der Waals surface area (Å²) >= 11 is 0. The fraction of sp³-hybridized carbons (Fsp3) is 0.417. The highest BCUT2D eigenvalue weighted by atomic mass is 16.2. The third kappa shape index (κ3) is 6.08. The standard InChI is InChI=1S/C24H31N3O2/c1-3-26(18-20-7-5-4-6-8-20)24(29)17-23(28)25-21-9-11-22(12-10-21)27-15-13-19(2)14-16-27/h4-12,19H,3,13-18H2,1-2H3,(H,25,28). The van der Waals surface area contributed by atoms with Crippen molar-refractivity contribution in [2.24, 2.45) is 5.92 Å². The van der Waals surface area contributed by atoms with Gasteiger partial charge in [0.15, 0.2) is 0 Å². The van der Waals surface area contributed by atoms with Crippen molar-refractivity contribution >= 4 is 23.2 Å². The molecule has 1 heterocycles. The van der Waals surface area contributed by atoms with Gasteiger partial charge in [0.1, 0.15) is 6.42 Å². The highest BCUT2D eigenvalue weighted by Gasteiger charge is 2.18. The zero-order valence-corrected chi connectivity index (χ0v) is 17.4. The summed E-state index contributed by atoms with van der Waals surface area (Å²) in [5.41, 5.74) is 2.97. The second-order valence-corrected chi connectivity index (χ2v) is 7.83. The van der Waals surface area contributed by atoms with Crippen LogP contribution in [0.25, 0.3) is 0 Å². The van der Waals surface area contributed by atoms with E-state index in [-0.39, 0.29) is 18.2 Å². The van der Waals surface area contributed by atoms with E-state index in [2.05, 4.69) is 17.1 Å². The first kappa shape index (κ1) is 20.9. The van der Waals surface area contributed by atoms with E-state index in [0.717, 1.165) is 30.3 Å². The minimum Gasteiger partial charge on any atom is -0.372 e. The van der Waals surface area contributed by atoms with Crippen LogP contribution in [0.4, 0.5) is 11.4 Å². The molecule has 0 saturated carbocycles. The van der Waals surface area contributed by atoms with Gasteiger partial charge in [-0.1, -0.05) is 37.3 Å². The van der Waals surface area contributed by atoms with Gasteiger partial charge in [0.05, 0.1) is 0 Å². The summed E-state index contributed by atoms with van der Waals surface area (Å²) in [6.07, 6.45) is 2.29.